The van der Waals surface area contributed by atoms with E-state index in [1.54, 1.807) is 24.5 Å². The summed E-state index contributed by atoms with van der Waals surface area (Å²) < 4.78 is 26.3. The smallest absolute Gasteiger partial charge is 0.408 e. The molecule has 250 valence electrons. The highest BCUT2D eigenvalue weighted by Gasteiger charge is 2.19. The van der Waals surface area contributed by atoms with Crippen LogP contribution in [0.5, 0.6) is 0 Å². The molecular formula is C31H42N6O9. The number of benzene rings is 1. The van der Waals surface area contributed by atoms with Gasteiger partial charge in [0, 0.05) is 69.3 Å². The monoisotopic (exact) mass is 642 g/mol. The second-order valence-corrected chi connectivity index (χ2v) is 9.90. The highest BCUT2D eigenvalue weighted by atomic mass is 16.6. The number of nitrogens with zero attached hydrogens (tertiary/aromatic N) is 4. The third-order valence-electron chi connectivity index (χ3n) is 6.62. The molecule has 15 nitrogen and oxygen atoms in total. The average molecular weight is 643 g/mol. The van der Waals surface area contributed by atoms with E-state index in [1.807, 2.05) is 12.1 Å². The van der Waals surface area contributed by atoms with Gasteiger partial charge in [-0.1, -0.05) is 5.92 Å². The lowest BCUT2D eigenvalue weighted by atomic mass is 10.2. The van der Waals surface area contributed by atoms with Gasteiger partial charge in [0.25, 0.3) is 0 Å². The summed E-state index contributed by atoms with van der Waals surface area (Å²) in [4.78, 5) is 47.6. The third kappa shape index (κ3) is 14.1. The van der Waals surface area contributed by atoms with Crippen LogP contribution in [-0.2, 0) is 35.0 Å². The van der Waals surface area contributed by atoms with Crippen LogP contribution in [0.4, 0.5) is 16.4 Å². The maximum Gasteiger partial charge on any atom is 0.408 e. The minimum absolute atomic E-state index is 0.0694. The summed E-state index contributed by atoms with van der Waals surface area (Å²) >= 11 is 0. The molecule has 0 unspecified atom stereocenters. The van der Waals surface area contributed by atoms with E-state index in [-0.39, 0.29) is 31.1 Å². The Labute approximate surface area is 268 Å². The maximum absolute atomic E-state index is 12.2. The van der Waals surface area contributed by atoms with Crippen molar-refractivity contribution in [2.75, 3.05) is 102 Å². The molecule has 1 fully saturated rings. The van der Waals surface area contributed by atoms with Crippen molar-refractivity contribution in [2.24, 2.45) is 0 Å². The lowest BCUT2D eigenvalue weighted by molar-refractivity contribution is -0.122. The number of aromatic nitrogens is 2. The number of alkyl carbamates (subject to hydrolysis) is 1. The summed E-state index contributed by atoms with van der Waals surface area (Å²) in [7, 11) is 0. The Kier molecular flexibility index (Phi) is 16.6. The van der Waals surface area contributed by atoms with E-state index in [0.29, 0.717) is 65.3 Å². The van der Waals surface area contributed by atoms with Crippen molar-refractivity contribution in [1.29, 1.82) is 0 Å². The summed E-state index contributed by atoms with van der Waals surface area (Å²) in [6.45, 7) is 6.57. The molecule has 0 aliphatic carbocycles. The molecule has 46 heavy (non-hydrogen) atoms. The van der Waals surface area contributed by atoms with Crippen molar-refractivity contribution >= 4 is 29.6 Å². The molecular weight excluding hydrogens is 600 g/mol. The lowest BCUT2D eigenvalue weighted by Gasteiger charge is -2.36. The second kappa shape index (κ2) is 21.3. The first-order chi connectivity index (χ1) is 22.5. The number of nitrogens with one attached hydrogen (secondary N) is 2. The number of ether oxygens (including phenoxy) is 5. The van der Waals surface area contributed by atoms with Gasteiger partial charge in [-0.3, -0.25) is 4.79 Å². The first kappa shape index (κ1) is 36.0. The summed E-state index contributed by atoms with van der Waals surface area (Å²) in [6.07, 6.45) is 8.07. The summed E-state index contributed by atoms with van der Waals surface area (Å²) in [5.74, 6) is 1.77. The zero-order valence-electron chi connectivity index (χ0n) is 25.9. The number of carbonyl (C=O) groups is 3. The van der Waals surface area contributed by atoms with Crippen LogP contribution < -0.4 is 20.4 Å². The van der Waals surface area contributed by atoms with Crippen molar-refractivity contribution in [3.63, 3.8) is 0 Å². The molecule has 2 heterocycles. The molecule has 2 aromatic rings. The average Bonchev–Trinajstić information content (AvgIpc) is 3.08. The van der Waals surface area contributed by atoms with Crippen LogP contribution in [0.2, 0.25) is 0 Å². The Hall–Kier alpha value is -4.49. The van der Waals surface area contributed by atoms with E-state index in [2.05, 4.69) is 41.1 Å². The van der Waals surface area contributed by atoms with Gasteiger partial charge >= 0.3 is 12.1 Å². The van der Waals surface area contributed by atoms with Crippen LogP contribution in [0.25, 0.3) is 0 Å². The van der Waals surface area contributed by atoms with E-state index >= 15 is 0 Å². The van der Waals surface area contributed by atoms with Gasteiger partial charge in [-0.25, -0.2) is 19.6 Å². The van der Waals surface area contributed by atoms with Gasteiger partial charge in [-0.2, -0.15) is 0 Å². The van der Waals surface area contributed by atoms with Crippen molar-refractivity contribution < 1.29 is 43.2 Å². The Morgan fingerprint density at radius 2 is 1.37 bits per heavy atom. The number of carboxylic acid groups (broad SMARTS) is 1. The van der Waals surface area contributed by atoms with E-state index in [1.165, 1.54) is 0 Å². The molecule has 0 saturated carbocycles. The number of amides is 2. The van der Waals surface area contributed by atoms with Crippen molar-refractivity contribution in [3.05, 3.63) is 47.8 Å². The van der Waals surface area contributed by atoms with Crippen LogP contribution in [0.15, 0.2) is 36.7 Å². The molecule has 1 aliphatic rings. The van der Waals surface area contributed by atoms with Gasteiger partial charge in [-0.15, -0.1) is 6.42 Å². The lowest BCUT2D eigenvalue weighted by Crippen LogP contribution is -2.47. The third-order valence-corrected chi connectivity index (χ3v) is 6.62. The molecule has 1 aliphatic heterocycles. The molecule has 1 aromatic heterocycles. The number of aromatic carboxylic acids is 1. The Morgan fingerprint density at radius 3 is 1.96 bits per heavy atom. The first-order valence-electron chi connectivity index (χ1n) is 15.0. The highest BCUT2D eigenvalue weighted by molar-refractivity contribution is 5.88. The van der Waals surface area contributed by atoms with E-state index in [9.17, 15) is 14.4 Å². The van der Waals surface area contributed by atoms with Crippen molar-refractivity contribution in [3.8, 4) is 12.3 Å². The predicted octanol–water partition coefficient (Wildman–Crippen LogP) is 0.934. The minimum Gasteiger partial charge on any atom is -0.478 e. The van der Waals surface area contributed by atoms with Gasteiger partial charge in [0.1, 0.15) is 0 Å². The zero-order valence-corrected chi connectivity index (χ0v) is 25.9. The fraction of sp³-hybridized carbons (Fsp3) is 0.516. The van der Waals surface area contributed by atoms with Crippen molar-refractivity contribution in [2.45, 2.75) is 13.0 Å². The van der Waals surface area contributed by atoms with Crippen LogP contribution >= 0.6 is 0 Å². The minimum atomic E-state index is -0.936. The summed E-state index contributed by atoms with van der Waals surface area (Å²) in [5.41, 5.74) is 2.06. The topological polar surface area (TPSA) is 174 Å². The normalized spacial score (nSPS) is 12.8. The van der Waals surface area contributed by atoms with Gasteiger partial charge in [-0.05, 0) is 24.3 Å². The number of carbonyl (C=O) groups excluding carboxylic acids is 2. The molecule has 2 amide bonds. The Balaban J connectivity index is 1.13. The SMILES string of the molecule is C#CCOC(=O)NCCOCCOCCOCCOCCC(=O)NCc1cnc(N2CCN(c3ccc(C(=O)O)cc3)CC2)nc1. The molecule has 1 aromatic carbocycles. The van der Waals surface area contributed by atoms with E-state index in [4.69, 9.17) is 30.5 Å². The van der Waals surface area contributed by atoms with E-state index < -0.39 is 12.1 Å². The fourth-order valence-electron chi connectivity index (χ4n) is 4.18. The van der Waals surface area contributed by atoms with Crippen molar-refractivity contribution in [1.82, 2.24) is 20.6 Å². The molecule has 0 atom stereocenters. The molecule has 1 saturated heterocycles. The van der Waals surface area contributed by atoms with Gasteiger partial charge in [0.15, 0.2) is 6.61 Å². The second-order valence-electron chi connectivity index (χ2n) is 9.90. The number of anilines is 2. The Morgan fingerprint density at radius 1 is 0.804 bits per heavy atom. The van der Waals surface area contributed by atoms with E-state index in [0.717, 1.165) is 37.4 Å². The number of terminal acetylenes is 1. The number of hydrogen-bond donors (Lipinski definition) is 3. The maximum atomic E-state index is 12.2. The number of piperazine rings is 1. The number of carboxylic acids is 1. The molecule has 15 heteroatoms. The molecule has 3 rings (SSSR count). The molecule has 0 bridgehead atoms. The first-order valence-corrected chi connectivity index (χ1v) is 15.0. The molecule has 3 N–H and O–H groups in total. The Bertz CT molecular complexity index is 1230. The summed E-state index contributed by atoms with van der Waals surface area (Å²) in [6, 6.07) is 6.89. The van der Waals surface area contributed by atoms with Crippen LogP contribution in [-0.4, -0.2) is 125 Å². The molecule has 0 spiro atoms. The van der Waals surface area contributed by atoms with Crippen LogP contribution in [0.1, 0.15) is 22.3 Å². The molecule has 0 radical (unpaired) electrons. The van der Waals surface area contributed by atoms with Gasteiger partial charge in [0.05, 0.1) is 58.4 Å². The predicted molar refractivity (Wildman–Crippen MR) is 168 cm³/mol. The highest BCUT2D eigenvalue weighted by Crippen LogP contribution is 2.19. The fourth-order valence-corrected chi connectivity index (χ4v) is 4.18. The van der Waals surface area contributed by atoms with Gasteiger partial charge < -0.3 is 49.2 Å². The number of rotatable bonds is 21. The quantitative estimate of drug-likeness (QED) is 0.130. The summed E-state index contributed by atoms with van der Waals surface area (Å²) in [5, 5.41) is 14.4. The standard InChI is InChI=1S/C31H42N6O9/c1-2-13-46-31(41)32-8-15-43-17-19-45-21-20-44-18-16-42-14-7-28(38)33-22-25-23-34-30(35-24-25)37-11-9-36(10-12-37)27-5-3-26(4-6-27)29(39)40/h1,3-6,23-24H,7-22H2,(H,32,41)(H,33,38)(H,39,40). The van der Waals surface area contributed by atoms with Crippen LogP contribution in [0.3, 0.4) is 0 Å². The number of hydrogen-bond acceptors (Lipinski definition) is 12. The zero-order chi connectivity index (χ0) is 32.8. The van der Waals surface area contributed by atoms with Gasteiger partial charge in [0.2, 0.25) is 11.9 Å². The largest absolute Gasteiger partial charge is 0.478 e. The van der Waals surface area contributed by atoms with Crippen LogP contribution in [0, 0.1) is 12.3 Å².